The zero-order valence-corrected chi connectivity index (χ0v) is 26.2. The molecule has 0 fully saturated rings. The number of aromatic nitrogens is 1. The SMILES string of the molecule is C1=C2/Cc3ccccc3B3C2=C(/C=C/C=C2/C(=C\c4c/1n(-c1ccccc1)c1ccccc41)Cc1ccccc12)Cc1ccccc13. The first-order valence-corrected chi connectivity index (χ1v) is 16.8. The van der Waals surface area contributed by atoms with Crippen molar-refractivity contribution in [3.8, 4) is 5.69 Å². The van der Waals surface area contributed by atoms with Crippen molar-refractivity contribution in [1.82, 2.24) is 4.57 Å². The molecule has 10 rings (SSSR count). The number of nitrogens with zero attached hydrogens (tertiary/aromatic N) is 1. The second kappa shape index (κ2) is 10.5. The maximum Gasteiger partial charge on any atom is 0.242 e. The van der Waals surface area contributed by atoms with Crippen molar-refractivity contribution in [2.24, 2.45) is 0 Å². The molecule has 0 atom stereocenters. The summed E-state index contributed by atoms with van der Waals surface area (Å²) in [6.07, 6.45) is 15.0. The molecule has 1 nitrogen and oxygen atoms in total. The molecule has 6 aromatic rings. The van der Waals surface area contributed by atoms with E-state index in [1.807, 2.05) is 0 Å². The highest BCUT2D eigenvalue weighted by molar-refractivity contribution is 6.93. The number of allylic oxidation sites excluding steroid dienone is 8. The highest BCUT2D eigenvalue weighted by atomic mass is 15.0. The van der Waals surface area contributed by atoms with Crippen LogP contribution in [-0.4, -0.2) is 11.3 Å². The zero-order chi connectivity index (χ0) is 30.9. The van der Waals surface area contributed by atoms with Crippen LogP contribution in [0.4, 0.5) is 0 Å². The van der Waals surface area contributed by atoms with E-state index in [0.717, 1.165) is 19.3 Å². The average molecular weight is 598 g/mol. The minimum Gasteiger partial charge on any atom is -0.309 e. The van der Waals surface area contributed by atoms with Crippen LogP contribution in [0.1, 0.15) is 33.5 Å². The summed E-state index contributed by atoms with van der Waals surface area (Å²) in [5.74, 6) is 0. The summed E-state index contributed by atoms with van der Waals surface area (Å²) in [6, 6.07) is 47.1. The second-order valence-electron chi connectivity index (χ2n) is 13.2. The maximum absolute atomic E-state index is 2.55. The van der Waals surface area contributed by atoms with E-state index in [2.05, 4.69) is 162 Å². The molecule has 0 N–H and O–H groups in total. The zero-order valence-electron chi connectivity index (χ0n) is 26.2. The number of hydrogen-bond donors (Lipinski definition) is 0. The van der Waals surface area contributed by atoms with Gasteiger partial charge in [-0.3, -0.25) is 0 Å². The lowest BCUT2D eigenvalue weighted by Crippen LogP contribution is -2.52. The van der Waals surface area contributed by atoms with Crippen LogP contribution in [0.5, 0.6) is 0 Å². The first-order chi connectivity index (χ1) is 23.3. The van der Waals surface area contributed by atoms with Crippen molar-refractivity contribution in [1.29, 1.82) is 0 Å². The molecule has 0 saturated carbocycles. The smallest absolute Gasteiger partial charge is 0.242 e. The van der Waals surface area contributed by atoms with Crippen LogP contribution in [-0.2, 0) is 19.3 Å². The molecule has 1 aromatic heterocycles. The third kappa shape index (κ3) is 4.11. The topological polar surface area (TPSA) is 4.93 Å². The molecule has 3 heterocycles. The number of para-hydroxylation sites is 2. The summed E-state index contributed by atoms with van der Waals surface area (Å²) < 4.78 is 2.49. The number of hydrogen-bond acceptors (Lipinski definition) is 0. The molecular weight excluding hydrogens is 565 g/mol. The molecule has 0 unspecified atom stereocenters. The molecule has 47 heavy (non-hydrogen) atoms. The van der Waals surface area contributed by atoms with Crippen molar-refractivity contribution in [2.45, 2.75) is 19.3 Å². The van der Waals surface area contributed by atoms with Gasteiger partial charge in [-0.25, -0.2) is 0 Å². The highest BCUT2D eigenvalue weighted by Crippen LogP contribution is 2.42. The summed E-state index contributed by atoms with van der Waals surface area (Å²) in [6.45, 7) is 0.211. The van der Waals surface area contributed by atoms with Crippen molar-refractivity contribution in [3.63, 3.8) is 0 Å². The van der Waals surface area contributed by atoms with Gasteiger partial charge in [0.15, 0.2) is 0 Å². The number of fused-ring (bicyclic) bond motifs is 10. The second-order valence-corrected chi connectivity index (χ2v) is 13.2. The molecule has 2 heteroatoms. The quantitative estimate of drug-likeness (QED) is 0.167. The lowest BCUT2D eigenvalue weighted by atomic mass is 9.29. The van der Waals surface area contributed by atoms with Gasteiger partial charge in [-0.05, 0) is 94.2 Å². The van der Waals surface area contributed by atoms with Gasteiger partial charge in [-0.15, -0.1) is 0 Å². The van der Waals surface area contributed by atoms with E-state index in [4.69, 9.17) is 0 Å². The van der Waals surface area contributed by atoms with Gasteiger partial charge < -0.3 is 4.57 Å². The van der Waals surface area contributed by atoms with Gasteiger partial charge in [0.25, 0.3) is 0 Å². The van der Waals surface area contributed by atoms with Gasteiger partial charge in [-0.2, -0.15) is 0 Å². The van der Waals surface area contributed by atoms with E-state index in [1.165, 1.54) is 88.8 Å². The van der Waals surface area contributed by atoms with Crippen molar-refractivity contribution in [2.75, 3.05) is 0 Å². The number of rotatable bonds is 1. The molecular formula is C45H32BN. The molecule has 0 saturated heterocycles. The fourth-order valence-electron chi connectivity index (χ4n) is 8.66. The van der Waals surface area contributed by atoms with Gasteiger partial charge in [0.2, 0.25) is 6.71 Å². The Morgan fingerprint density at radius 3 is 2.04 bits per heavy atom. The lowest BCUT2D eigenvalue weighted by Gasteiger charge is -2.35. The Labute approximate surface area is 276 Å². The van der Waals surface area contributed by atoms with E-state index in [1.54, 1.807) is 0 Å². The van der Waals surface area contributed by atoms with E-state index >= 15 is 0 Å². The van der Waals surface area contributed by atoms with Gasteiger partial charge in [-0.1, -0.05) is 144 Å². The van der Waals surface area contributed by atoms with Crippen LogP contribution < -0.4 is 10.9 Å². The van der Waals surface area contributed by atoms with Crippen molar-refractivity contribution in [3.05, 3.63) is 201 Å². The Bertz CT molecular complexity index is 2430. The van der Waals surface area contributed by atoms with Gasteiger partial charge in [0.05, 0.1) is 11.2 Å². The predicted octanol–water partition coefficient (Wildman–Crippen LogP) is 8.86. The van der Waals surface area contributed by atoms with Crippen LogP contribution >= 0.6 is 0 Å². The average Bonchev–Trinajstić information content (AvgIpc) is 3.62. The molecule has 2 aliphatic heterocycles. The number of benzene rings is 5. The van der Waals surface area contributed by atoms with Gasteiger partial charge in [0.1, 0.15) is 0 Å². The summed E-state index contributed by atoms with van der Waals surface area (Å²) in [5, 5.41) is 1.29. The third-order valence-electron chi connectivity index (χ3n) is 10.7. The maximum atomic E-state index is 2.55. The minimum absolute atomic E-state index is 0.211. The van der Waals surface area contributed by atoms with E-state index in [0.29, 0.717) is 0 Å². The third-order valence-corrected chi connectivity index (χ3v) is 10.7. The van der Waals surface area contributed by atoms with Crippen LogP contribution in [0.25, 0.3) is 34.3 Å². The van der Waals surface area contributed by atoms with Gasteiger partial charge in [0, 0.05) is 16.6 Å². The lowest BCUT2D eigenvalue weighted by molar-refractivity contribution is 1.09. The predicted molar refractivity (Wildman–Crippen MR) is 199 cm³/mol. The standard InChI is InChI=1S/C45H32BN/c1-2-17-36(18-3-1)47-43-24-11-8-20-39(43)40-28-34-25-30-13-4-7-19-37(30)38(34)21-12-16-33-26-31-14-5-9-22-41(31)46-42-23-10-6-15-32(42)27-35(45(33)46)29-44(40)47/h1-24,28-29H,25-27H2/b16-12+,21-12?,33-16?,34-28-,35-29-,38-21-,40-28?,44-29?. The molecule has 220 valence electrons. The summed E-state index contributed by atoms with van der Waals surface area (Å²) in [5.41, 5.74) is 20.5. The Morgan fingerprint density at radius 1 is 0.553 bits per heavy atom. The van der Waals surface area contributed by atoms with E-state index in [-0.39, 0.29) is 6.71 Å². The fraction of sp³-hybridized carbons (Fsp3) is 0.0667. The Morgan fingerprint density at radius 2 is 1.21 bits per heavy atom. The fourth-order valence-corrected chi connectivity index (χ4v) is 8.66. The van der Waals surface area contributed by atoms with E-state index in [9.17, 15) is 0 Å². The molecule has 0 spiro atoms. The molecule has 2 aliphatic carbocycles. The minimum atomic E-state index is 0.211. The van der Waals surface area contributed by atoms with Crippen LogP contribution in [0.2, 0.25) is 0 Å². The first kappa shape index (κ1) is 26.6. The Hall–Kier alpha value is -5.60. The monoisotopic (exact) mass is 597 g/mol. The van der Waals surface area contributed by atoms with Crippen molar-refractivity contribution >= 4 is 46.3 Å². The van der Waals surface area contributed by atoms with Crippen LogP contribution in [0.15, 0.2) is 168 Å². The molecule has 5 aromatic carbocycles. The van der Waals surface area contributed by atoms with E-state index < -0.39 is 0 Å². The van der Waals surface area contributed by atoms with Gasteiger partial charge >= 0.3 is 0 Å². The summed E-state index contributed by atoms with van der Waals surface area (Å²) in [7, 11) is 0. The normalized spacial score (nSPS) is 20.0. The molecule has 0 bridgehead atoms. The molecule has 0 radical (unpaired) electrons. The highest BCUT2D eigenvalue weighted by Gasteiger charge is 2.38. The largest absolute Gasteiger partial charge is 0.309 e. The molecule has 4 aliphatic rings. The molecule has 0 amide bonds. The van der Waals surface area contributed by atoms with Crippen LogP contribution in [0, 0.1) is 0 Å². The Balaban J connectivity index is 1.34. The Kier molecular flexibility index (Phi) is 5.93. The van der Waals surface area contributed by atoms with Crippen molar-refractivity contribution < 1.29 is 0 Å². The van der Waals surface area contributed by atoms with Crippen LogP contribution in [0.3, 0.4) is 0 Å². The summed E-state index contributed by atoms with van der Waals surface area (Å²) >= 11 is 0. The summed E-state index contributed by atoms with van der Waals surface area (Å²) in [4.78, 5) is 0. The first-order valence-electron chi connectivity index (χ1n) is 16.8.